The monoisotopic (exact) mass is 298 g/mol. The fraction of sp³-hybridized carbons (Fsp3) is 0.429. The molecular formula is C14H20NO4S. The van der Waals surface area contributed by atoms with Crippen molar-refractivity contribution in [3.05, 3.63) is 36.8 Å². The molecular weight excluding hydrogens is 278 g/mol. The van der Waals surface area contributed by atoms with Crippen molar-refractivity contribution >= 4 is 16.0 Å². The number of carboxylic acid groups (broad SMARTS) is 1. The number of carboxylic acids is 1. The maximum Gasteiger partial charge on any atom is 0.321 e. The molecule has 0 saturated heterocycles. The summed E-state index contributed by atoms with van der Waals surface area (Å²) in [6, 6.07) is 5.20. The van der Waals surface area contributed by atoms with E-state index in [4.69, 9.17) is 5.11 Å². The van der Waals surface area contributed by atoms with Crippen LogP contribution in [0.5, 0.6) is 0 Å². The van der Waals surface area contributed by atoms with Crippen LogP contribution in [0.1, 0.15) is 32.8 Å². The summed E-state index contributed by atoms with van der Waals surface area (Å²) in [7, 11) is -3.85. The Labute approximate surface area is 120 Å². The van der Waals surface area contributed by atoms with Crippen molar-refractivity contribution in [3.63, 3.8) is 0 Å². The van der Waals surface area contributed by atoms with Gasteiger partial charge in [0.05, 0.1) is 4.90 Å². The molecule has 1 rings (SSSR count). The molecule has 2 N–H and O–H groups in total. The van der Waals surface area contributed by atoms with Crippen LogP contribution in [-0.2, 0) is 20.2 Å². The number of aliphatic carboxylic acids is 1. The van der Waals surface area contributed by atoms with Gasteiger partial charge in [0.2, 0.25) is 10.0 Å². The molecule has 1 atom stereocenters. The van der Waals surface area contributed by atoms with E-state index in [2.05, 4.69) is 11.6 Å². The predicted molar refractivity (Wildman–Crippen MR) is 76.9 cm³/mol. The third-order valence-electron chi connectivity index (χ3n) is 2.91. The zero-order chi connectivity index (χ0) is 15.6. The zero-order valence-electron chi connectivity index (χ0n) is 11.9. The third kappa shape index (κ3) is 4.05. The lowest BCUT2D eigenvalue weighted by Crippen LogP contribution is -2.40. The van der Waals surface area contributed by atoms with Gasteiger partial charge in [0.25, 0.3) is 0 Å². The lowest BCUT2D eigenvalue weighted by atomic mass is 9.87. The Morgan fingerprint density at radius 3 is 2.15 bits per heavy atom. The molecule has 0 aromatic heterocycles. The minimum absolute atomic E-state index is 0.0465. The fourth-order valence-electron chi connectivity index (χ4n) is 1.62. The molecule has 5 nitrogen and oxygen atoms in total. The number of hydrogen-bond acceptors (Lipinski definition) is 3. The highest BCUT2D eigenvalue weighted by molar-refractivity contribution is 7.89. The molecule has 0 aliphatic rings. The largest absolute Gasteiger partial charge is 0.480 e. The Morgan fingerprint density at radius 1 is 1.30 bits per heavy atom. The summed E-state index contributed by atoms with van der Waals surface area (Å²) in [5.74, 6) is -1.24. The van der Waals surface area contributed by atoms with Crippen LogP contribution in [-0.4, -0.2) is 25.5 Å². The van der Waals surface area contributed by atoms with Gasteiger partial charge in [-0.15, -0.1) is 0 Å². The number of carbonyl (C=O) groups is 1. The summed E-state index contributed by atoms with van der Waals surface area (Å²) < 4.78 is 26.3. The van der Waals surface area contributed by atoms with Gasteiger partial charge in [-0.05, 0) is 29.5 Å². The maximum absolute atomic E-state index is 12.1. The Bertz CT molecular complexity index is 570. The zero-order valence-corrected chi connectivity index (χ0v) is 12.7. The van der Waals surface area contributed by atoms with Crippen LogP contribution >= 0.6 is 0 Å². The summed E-state index contributed by atoms with van der Waals surface area (Å²) >= 11 is 0. The van der Waals surface area contributed by atoms with Crippen LogP contribution in [0, 0.1) is 6.92 Å². The van der Waals surface area contributed by atoms with Crippen LogP contribution in [0.4, 0.5) is 0 Å². The smallest absolute Gasteiger partial charge is 0.321 e. The number of nitrogens with one attached hydrogen (secondary N) is 1. The topological polar surface area (TPSA) is 83.5 Å². The first-order chi connectivity index (χ1) is 9.08. The summed E-state index contributed by atoms with van der Waals surface area (Å²) in [4.78, 5) is 10.9. The Hall–Kier alpha value is -1.40. The summed E-state index contributed by atoms with van der Waals surface area (Å²) in [5.41, 5.74) is 0.926. The first kappa shape index (κ1) is 16.7. The number of hydrogen-bond donors (Lipinski definition) is 2. The fourth-order valence-corrected chi connectivity index (χ4v) is 2.85. The summed E-state index contributed by atoms with van der Waals surface area (Å²) in [6.07, 6.45) is -0.0609. The standard InChI is InChI=1S/C14H20NO4S/c1-5-12(13(16)17)15-20(18,19)11-8-6-10(7-9-11)14(2,3)4/h6-9,12,15H,1,5H2,2-4H3,(H,16,17). The van der Waals surface area contributed by atoms with Crippen molar-refractivity contribution in [1.82, 2.24) is 4.72 Å². The second kappa shape index (κ2) is 5.93. The second-order valence-corrected chi connectivity index (χ2v) is 7.29. The summed E-state index contributed by atoms with van der Waals surface area (Å²) in [5, 5.41) is 8.87. The van der Waals surface area contributed by atoms with Crippen LogP contribution in [0.3, 0.4) is 0 Å². The highest BCUT2D eigenvalue weighted by Crippen LogP contribution is 2.23. The van der Waals surface area contributed by atoms with Gasteiger partial charge in [-0.3, -0.25) is 4.79 Å². The van der Waals surface area contributed by atoms with E-state index in [0.717, 1.165) is 5.56 Å². The van der Waals surface area contributed by atoms with Crippen LogP contribution in [0.25, 0.3) is 0 Å². The molecule has 1 unspecified atom stereocenters. The molecule has 0 aliphatic carbocycles. The third-order valence-corrected chi connectivity index (χ3v) is 4.40. The van der Waals surface area contributed by atoms with Crippen molar-refractivity contribution < 1.29 is 18.3 Å². The molecule has 0 spiro atoms. The van der Waals surface area contributed by atoms with E-state index in [1.54, 1.807) is 12.1 Å². The van der Waals surface area contributed by atoms with Crippen molar-refractivity contribution in [2.75, 3.05) is 0 Å². The van der Waals surface area contributed by atoms with Gasteiger partial charge in [-0.2, -0.15) is 4.72 Å². The Kier molecular flexibility index (Phi) is 4.94. The average molecular weight is 298 g/mol. The average Bonchev–Trinajstić information content (AvgIpc) is 2.35. The molecule has 20 heavy (non-hydrogen) atoms. The van der Waals surface area contributed by atoms with E-state index in [0.29, 0.717) is 0 Å². The van der Waals surface area contributed by atoms with Crippen LogP contribution in [0.15, 0.2) is 29.2 Å². The van der Waals surface area contributed by atoms with Gasteiger partial charge in [0, 0.05) is 0 Å². The molecule has 0 heterocycles. The highest BCUT2D eigenvalue weighted by atomic mass is 32.2. The summed E-state index contributed by atoms with van der Waals surface area (Å²) in [6.45, 7) is 9.50. The van der Waals surface area contributed by atoms with Gasteiger partial charge >= 0.3 is 5.97 Å². The number of rotatable bonds is 5. The Balaban J connectivity index is 3.02. The SMILES string of the molecule is [CH2]CC(NS(=O)(=O)c1ccc(C(C)(C)C)cc1)C(=O)O. The second-order valence-electron chi connectivity index (χ2n) is 5.58. The van der Waals surface area contributed by atoms with E-state index in [-0.39, 0.29) is 16.7 Å². The van der Waals surface area contributed by atoms with Gasteiger partial charge in [0.15, 0.2) is 0 Å². The highest BCUT2D eigenvalue weighted by Gasteiger charge is 2.24. The van der Waals surface area contributed by atoms with Crippen LogP contribution < -0.4 is 4.72 Å². The maximum atomic E-state index is 12.1. The predicted octanol–water partition coefficient (Wildman–Crippen LogP) is 1.94. The lowest BCUT2D eigenvalue weighted by molar-refractivity contribution is -0.138. The van der Waals surface area contributed by atoms with Crippen molar-refractivity contribution in [2.24, 2.45) is 0 Å². The minimum atomic E-state index is -3.85. The quantitative estimate of drug-likeness (QED) is 0.870. The van der Waals surface area contributed by atoms with Gasteiger partial charge in [0.1, 0.15) is 6.04 Å². The molecule has 1 aromatic rings. The van der Waals surface area contributed by atoms with Gasteiger partial charge in [-0.25, -0.2) is 8.42 Å². The van der Waals surface area contributed by atoms with Gasteiger partial charge in [-0.1, -0.05) is 39.8 Å². The molecule has 0 aliphatic heterocycles. The van der Waals surface area contributed by atoms with E-state index in [1.807, 2.05) is 20.8 Å². The molecule has 1 aromatic carbocycles. The first-order valence-corrected chi connectivity index (χ1v) is 7.71. The first-order valence-electron chi connectivity index (χ1n) is 6.23. The minimum Gasteiger partial charge on any atom is -0.480 e. The van der Waals surface area contributed by atoms with Crippen molar-refractivity contribution in [1.29, 1.82) is 0 Å². The van der Waals surface area contributed by atoms with E-state index < -0.39 is 22.0 Å². The molecule has 111 valence electrons. The molecule has 6 heteroatoms. The molecule has 1 radical (unpaired) electrons. The molecule has 0 amide bonds. The molecule has 0 fully saturated rings. The van der Waals surface area contributed by atoms with Crippen LogP contribution in [0.2, 0.25) is 0 Å². The van der Waals surface area contributed by atoms with Crippen molar-refractivity contribution in [2.45, 2.75) is 43.5 Å². The van der Waals surface area contributed by atoms with E-state index >= 15 is 0 Å². The normalized spacial score (nSPS) is 14.0. The van der Waals surface area contributed by atoms with Gasteiger partial charge < -0.3 is 5.11 Å². The molecule has 0 bridgehead atoms. The molecule has 0 saturated carbocycles. The van der Waals surface area contributed by atoms with E-state index in [1.165, 1.54) is 12.1 Å². The lowest BCUT2D eigenvalue weighted by Gasteiger charge is -2.19. The number of benzene rings is 1. The van der Waals surface area contributed by atoms with E-state index in [9.17, 15) is 13.2 Å². The number of sulfonamides is 1. The van der Waals surface area contributed by atoms with Crippen molar-refractivity contribution in [3.8, 4) is 0 Å². The Morgan fingerprint density at radius 2 is 1.80 bits per heavy atom.